The lowest BCUT2D eigenvalue weighted by atomic mass is 9.34. The van der Waals surface area contributed by atoms with E-state index in [2.05, 4.69) is 36.5 Å². The van der Waals surface area contributed by atoms with Gasteiger partial charge in [0.05, 0.1) is 12.0 Å². The Hall–Kier alpha value is -3.83. The molecule has 1 N–H and O–H groups in total. The average molecular weight is 531 g/mol. The summed E-state index contributed by atoms with van der Waals surface area (Å²) in [6.07, 6.45) is 3.56. The molecule has 1 heterocycles. The molecule has 1 aliphatic heterocycles. The van der Waals surface area contributed by atoms with Crippen molar-refractivity contribution in [3.63, 3.8) is 0 Å². The quantitative estimate of drug-likeness (QED) is 0.213. The van der Waals surface area contributed by atoms with Crippen molar-refractivity contribution in [2.24, 2.45) is 0 Å². The molecule has 1 fully saturated rings. The molecule has 0 amide bonds. The van der Waals surface area contributed by atoms with Gasteiger partial charge in [-0.15, -0.1) is 0 Å². The van der Waals surface area contributed by atoms with Crippen LogP contribution in [-0.4, -0.2) is 24.7 Å². The molecule has 0 saturated carbocycles. The van der Waals surface area contributed by atoms with Crippen molar-refractivity contribution in [1.29, 1.82) is 0 Å². The van der Waals surface area contributed by atoms with Gasteiger partial charge in [-0.05, 0) is 53.6 Å². The van der Waals surface area contributed by atoms with Gasteiger partial charge in [0.1, 0.15) is 11.5 Å². The summed E-state index contributed by atoms with van der Waals surface area (Å²) >= 11 is 0. The zero-order valence-corrected chi connectivity index (χ0v) is 23.0. The highest BCUT2D eigenvalue weighted by atomic mass is 19.1. The van der Waals surface area contributed by atoms with Crippen LogP contribution in [0.5, 0.6) is 0 Å². The maximum atomic E-state index is 13.9. The van der Waals surface area contributed by atoms with Crippen molar-refractivity contribution >= 4 is 18.2 Å². The Balaban J connectivity index is 1.28. The van der Waals surface area contributed by atoms with Crippen molar-refractivity contribution in [3.8, 4) is 11.1 Å². The highest BCUT2D eigenvalue weighted by Gasteiger charge is 2.45. The number of halogens is 1. The van der Waals surface area contributed by atoms with Crippen molar-refractivity contribution < 1.29 is 14.0 Å². The number of Topliss-reactive ketones (excluding diaryl/α,β-unsaturated/α-hetero) is 1. The number of ketones is 1. The molecule has 4 aromatic rings. The average Bonchev–Trinajstić information content (AvgIpc) is 3.02. The molecule has 0 radical (unpaired) electrons. The van der Waals surface area contributed by atoms with Crippen molar-refractivity contribution in [3.05, 3.63) is 132 Å². The first kappa shape index (κ1) is 27.7. The minimum atomic E-state index is -0.591. The third-order valence-corrected chi connectivity index (χ3v) is 8.54. The van der Waals surface area contributed by atoms with E-state index in [0.29, 0.717) is 37.6 Å². The van der Waals surface area contributed by atoms with E-state index in [9.17, 15) is 14.0 Å². The van der Waals surface area contributed by atoms with E-state index in [-0.39, 0.29) is 30.0 Å². The molecule has 0 bridgehead atoms. The summed E-state index contributed by atoms with van der Waals surface area (Å²) in [7, 11) is 0. The Morgan fingerprint density at radius 1 is 0.800 bits per heavy atom. The monoisotopic (exact) mass is 531 g/mol. The van der Waals surface area contributed by atoms with Crippen LogP contribution >= 0.6 is 0 Å². The summed E-state index contributed by atoms with van der Waals surface area (Å²) in [5.74, 6) is -0.0716. The summed E-state index contributed by atoms with van der Waals surface area (Å²) in [6.45, 7) is 2.32. The SMILES string of the molecule is CC[C@H](NCC(=O)C1(c2ccccc2)CCB(C(=O)c2ccc(-c3ccc(F)cc3)cc2)CC1)c1ccccc1. The van der Waals surface area contributed by atoms with Crippen LogP contribution in [0.2, 0.25) is 12.6 Å². The second-order valence-electron chi connectivity index (χ2n) is 10.8. The van der Waals surface area contributed by atoms with Crippen LogP contribution < -0.4 is 5.32 Å². The van der Waals surface area contributed by atoms with Gasteiger partial charge in [-0.25, -0.2) is 4.39 Å². The fraction of sp³-hybridized carbons (Fsp3) is 0.257. The van der Waals surface area contributed by atoms with Gasteiger partial charge in [0, 0.05) is 11.6 Å². The van der Waals surface area contributed by atoms with Crippen molar-refractivity contribution in [1.82, 2.24) is 5.32 Å². The molecule has 0 unspecified atom stereocenters. The molecule has 1 atom stereocenters. The van der Waals surface area contributed by atoms with E-state index in [0.717, 1.165) is 23.1 Å². The van der Waals surface area contributed by atoms with Crippen LogP contribution in [0.4, 0.5) is 4.39 Å². The summed E-state index contributed by atoms with van der Waals surface area (Å²) in [5.41, 5.74) is 4.32. The Morgan fingerprint density at radius 3 is 1.93 bits per heavy atom. The molecule has 5 rings (SSSR count). The third kappa shape index (κ3) is 6.00. The van der Waals surface area contributed by atoms with Crippen molar-refractivity contribution in [2.45, 2.75) is 50.3 Å². The van der Waals surface area contributed by atoms with Gasteiger partial charge in [-0.3, -0.25) is 4.79 Å². The van der Waals surface area contributed by atoms with E-state index in [4.69, 9.17) is 0 Å². The minimum Gasteiger partial charge on any atom is -0.306 e. The number of carbonyl (C=O) groups excluding carboxylic acids is 2. The smallest absolute Gasteiger partial charge is 0.229 e. The molecule has 3 nitrogen and oxygen atoms in total. The zero-order valence-electron chi connectivity index (χ0n) is 23.0. The Labute approximate surface area is 236 Å². The number of hydrogen-bond acceptors (Lipinski definition) is 3. The van der Waals surface area contributed by atoms with Crippen LogP contribution in [0.1, 0.15) is 53.7 Å². The van der Waals surface area contributed by atoms with E-state index in [1.165, 1.54) is 17.7 Å². The van der Waals surface area contributed by atoms with E-state index >= 15 is 0 Å². The van der Waals surface area contributed by atoms with Crippen LogP contribution in [0.25, 0.3) is 11.1 Å². The second kappa shape index (κ2) is 12.6. The predicted molar refractivity (Wildman–Crippen MR) is 161 cm³/mol. The molecule has 1 aliphatic rings. The first-order chi connectivity index (χ1) is 19.5. The minimum absolute atomic E-state index is 0.109. The summed E-state index contributed by atoms with van der Waals surface area (Å²) in [5, 5.41) is 3.52. The van der Waals surface area contributed by atoms with Crippen LogP contribution in [-0.2, 0) is 10.2 Å². The molecule has 4 aromatic carbocycles. The lowest BCUT2D eigenvalue weighted by molar-refractivity contribution is -0.124. The summed E-state index contributed by atoms with van der Waals surface area (Å²) in [4.78, 5) is 27.4. The number of hydrogen-bond donors (Lipinski definition) is 1. The Morgan fingerprint density at radius 2 is 1.35 bits per heavy atom. The molecule has 0 spiro atoms. The van der Waals surface area contributed by atoms with Gasteiger partial charge in [-0.1, -0.05) is 117 Å². The Kier molecular flexibility index (Phi) is 8.71. The van der Waals surface area contributed by atoms with Crippen molar-refractivity contribution in [2.75, 3.05) is 6.54 Å². The molecule has 0 aromatic heterocycles. The lowest BCUT2D eigenvalue weighted by Gasteiger charge is -2.39. The molecule has 0 aliphatic carbocycles. The van der Waals surface area contributed by atoms with Gasteiger partial charge < -0.3 is 10.1 Å². The predicted octanol–water partition coefficient (Wildman–Crippen LogP) is 7.75. The normalized spacial score (nSPS) is 15.4. The van der Waals surface area contributed by atoms with Crippen LogP contribution in [0.15, 0.2) is 109 Å². The summed E-state index contributed by atoms with van der Waals surface area (Å²) < 4.78 is 13.3. The Bertz CT molecular complexity index is 1410. The standard InChI is InChI=1S/C35H35BFNO2/c1-2-32(28-9-5-3-6-10-28)38-25-33(39)35(30-11-7-4-8-12-30)21-23-36(24-22-35)34(40)29-15-13-26(14-16-29)27-17-19-31(37)20-18-27/h3-20,32,38H,2,21-25H2,1H3/t32-/m0/s1. The lowest BCUT2D eigenvalue weighted by Crippen LogP contribution is -2.47. The maximum absolute atomic E-state index is 13.9. The van der Waals surface area contributed by atoms with Crippen LogP contribution in [0, 0.1) is 5.82 Å². The molecular weight excluding hydrogens is 496 g/mol. The third-order valence-electron chi connectivity index (χ3n) is 8.54. The van der Waals surface area contributed by atoms with Gasteiger partial charge in [-0.2, -0.15) is 0 Å². The highest BCUT2D eigenvalue weighted by molar-refractivity contribution is 6.92. The van der Waals surface area contributed by atoms with E-state index in [1.807, 2.05) is 60.7 Å². The van der Waals surface area contributed by atoms with Crippen LogP contribution in [0.3, 0.4) is 0 Å². The molecular formula is C35H35BFNO2. The van der Waals surface area contributed by atoms with E-state index < -0.39 is 5.41 Å². The number of rotatable bonds is 10. The first-order valence-electron chi connectivity index (χ1n) is 14.3. The fourth-order valence-electron chi connectivity index (χ4n) is 6.13. The largest absolute Gasteiger partial charge is 0.306 e. The van der Waals surface area contributed by atoms with Gasteiger partial charge in [0.25, 0.3) is 0 Å². The van der Waals surface area contributed by atoms with E-state index in [1.54, 1.807) is 12.1 Å². The van der Waals surface area contributed by atoms with Gasteiger partial charge >= 0.3 is 0 Å². The summed E-state index contributed by atoms with van der Waals surface area (Å²) in [6, 6.07) is 34.4. The number of benzene rings is 4. The topological polar surface area (TPSA) is 46.2 Å². The fourth-order valence-corrected chi connectivity index (χ4v) is 6.13. The van der Waals surface area contributed by atoms with Gasteiger partial charge in [0.2, 0.25) is 6.71 Å². The zero-order chi connectivity index (χ0) is 28.0. The molecule has 1 saturated heterocycles. The first-order valence-corrected chi connectivity index (χ1v) is 14.3. The number of carbonyl (C=O) groups is 2. The second-order valence-corrected chi connectivity index (χ2v) is 10.8. The highest BCUT2D eigenvalue weighted by Crippen LogP contribution is 2.41. The molecule has 202 valence electrons. The number of nitrogens with one attached hydrogen (secondary N) is 1. The molecule has 5 heteroatoms. The molecule has 40 heavy (non-hydrogen) atoms. The van der Waals surface area contributed by atoms with Gasteiger partial charge in [0.15, 0.2) is 5.78 Å². The maximum Gasteiger partial charge on any atom is 0.229 e.